The molecule has 0 aliphatic carbocycles. The first-order valence-corrected chi connectivity index (χ1v) is 6.03. The van der Waals surface area contributed by atoms with Gasteiger partial charge in [-0.3, -0.25) is 4.79 Å². The smallest absolute Gasteiger partial charge is 0.224 e. The summed E-state index contributed by atoms with van der Waals surface area (Å²) in [5.74, 6) is 0.146. The summed E-state index contributed by atoms with van der Waals surface area (Å²) in [6, 6.07) is 0.523. The van der Waals surface area contributed by atoms with Crippen LogP contribution in [0.15, 0.2) is 0 Å². The summed E-state index contributed by atoms with van der Waals surface area (Å²) in [6.07, 6.45) is 2.85. The number of nitrogens with two attached hydrogens (primary N) is 1. The standard InChI is InChI=1S/C12H25N3O/c1-12(2,13)8-11(16)15(4)9-10-6-5-7-14(10)3/h10H,5-9,13H2,1-4H3. The summed E-state index contributed by atoms with van der Waals surface area (Å²) in [4.78, 5) is 16.0. The van der Waals surface area contributed by atoms with Crippen molar-refractivity contribution in [2.24, 2.45) is 5.73 Å². The van der Waals surface area contributed by atoms with Crippen molar-refractivity contribution in [3.63, 3.8) is 0 Å². The summed E-state index contributed by atoms with van der Waals surface area (Å²) >= 11 is 0. The number of carbonyl (C=O) groups is 1. The van der Waals surface area contributed by atoms with Gasteiger partial charge in [0.2, 0.25) is 5.91 Å². The number of rotatable bonds is 4. The Hall–Kier alpha value is -0.610. The molecule has 16 heavy (non-hydrogen) atoms. The third-order valence-corrected chi connectivity index (χ3v) is 3.19. The zero-order valence-corrected chi connectivity index (χ0v) is 11.0. The van der Waals surface area contributed by atoms with Crippen LogP contribution in [0.3, 0.4) is 0 Å². The topological polar surface area (TPSA) is 49.6 Å². The van der Waals surface area contributed by atoms with Gasteiger partial charge in [-0.25, -0.2) is 0 Å². The number of likely N-dealkylation sites (N-methyl/N-ethyl adjacent to an activating group) is 2. The molecule has 4 heteroatoms. The van der Waals surface area contributed by atoms with Crippen LogP contribution in [0.4, 0.5) is 0 Å². The van der Waals surface area contributed by atoms with E-state index < -0.39 is 5.54 Å². The number of hydrogen-bond acceptors (Lipinski definition) is 3. The largest absolute Gasteiger partial charge is 0.344 e. The molecule has 1 rings (SSSR count). The Morgan fingerprint density at radius 3 is 2.62 bits per heavy atom. The molecule has 4 nitrogen and oxygen atoms in total. The molecule has 1 heterocycles. The van der Waals surface area contributed by atoms with Crippen molar-refractivity contribution in [1.29, 1.82) is 0 Å². The van der Waals surface area contributed by atoms with Gasteiger partial charge in [0.05, 0.1) is 0 Å². The van der Waals surface area contributed by atoms with Crippen molar-refractivity contribution >= 4 is 5.91 Å². The zero-order chi connectivity index (χ0) is 12.3. The Morgan fingerprint density at radius 2 is 2.19 bits per heavy atom. The molecule has 0 saturated carbocycles. The highest BCUT2D eigenvalue weighted by atomic mass is 16.2. The molecule has 1 fully saturated rings. The lowest BCUT2D eigenvalue weighted by atomic mass is 10.0. The molecule has 1 aliphatic heterocycles. The lowest BCUT2D eigenvalue weighted by molar-refractivity contribution is -0.131. The van der Waals surface area contributed by atoms with Gasteiger partial charge in [0, 0.05) is 31.6 Å². The van der Waals surface area contributed by atoms with Crippen LogP contribution >= 0.6 is 0 Å². The first-order valence-electron chi connectivity index (χ1n) is 6.03. The van der Waals surface area contributed by atoms with E-state index in [1.165, 1.54) is 12.8 Å². The van der Waals surface area contributed by atoms with Crippen molar-refractivity contribution in [1.82, 2.24) is 9.80 Å². The van der Waals surface area contributed by atoms with Crippen LogP contribution in [-0.4, -0.2) is 54.5 Å². The Balaban J connectivity index is 2.39. The summed E-state index contributed by atoms with van der Waals surface area (Å²) in [6.45, 7) is 5.75. The minimum atomic E-state index is -0.410. The van der Waals surface area contributed by atoms with Gasteiger partial charge in [-0.1, -0.05) is 0 Å². The summed E-state index contributed by atoms with van der Waals surface area (Å²) in [7, 11) is 4.00. The molecule has 1 atom stereocenters. The molecule has 1 saturated heterocycles. The van der Waals surface area contributed by atoms with Crippen LogP contribution in [-0.2, 0) is 4.79 Å². The normalized spacial score (nSPS) is 22.4. The maximum atomic E-state index is 11.9. The van der Waals surface area contributed by atoms with E-state index >= 15 is 0 Å². The van der Waals surface area contributed by atoms with Crippen LogP contribution in [0, 0.1) is 0 Å². The number of nitrogens with zero attached hydrogens (tertiary/aromatic N) is 2. The van der Waals surface area contributed by atoms with Crippen molar-refractivity contribution in [2.45, 2.75) is 44.7 Å². The van der Waals surface area contributed by atoms with Crippen molar-refractivity contribution in [3.05, 3.63) is 0 Å². The van der Waals surface area contributed by atoms with Gasteiger partial charge in [-0.2, -0.15) is 0 Å². The molecule has 1 aliphatic rings. The lowest BCUT2D eigenvalue weighted by Gasteiger charge is -2.28. The lowest BCUT2D eigenvalue weighted by Crippen LogP contribution is -2.44. The van der Waals surface area contributed by atoms with Crippen molar-refractivity contribution in [3.8, 4) is 0 Å². The summed E-state index contributed by atoms with van der Waals surface area (Å²) < 4.78 is 0. The SMILES string of the molecule is CN(CC1CCCN1C)C(=O)CC(C)(C)N. The van der Waals surface area contributed by atoms with Crippen LogP contribution in [0.5, 0.6) is 0 Å². The molecular weight excluding hydrogens is 202 g/mol. The first kappa shape index (κ1) is 13.5. The molecule has 0 aromatic rings. The fourth-order valence-electron chi connectivity index (χ4n) is 2.15. The summed E-state index contributed by atoms with van der Waals surface area (Å²) in [5, 5.41) is 0. The molecule has 0 aromatic heterocycles. The average molecular weight is 227 g/mol. The molecule has 0 bridgehead atoms. The maximum absolute atomic E-state index is 11.9. The second-order valence-electron chi connectivity index (χ2n) is 5.72. The number of likely N-dealkylation sites (tertiary alicyclic amines) is 1. The fourth-order valence-corrected chi connectivity index (χ4v) is 2.15. The molecule has 0 aromatic carbocycles. The molecule has 2 N–H and O–H groups in total. The number of amides is 1. The Kier molecular flexibility index (Phi) is 4.33. The van der Waals surface area contributed by atoms with E-state index in [1.807, 2.05) is 25.8 Å². The zero-order valence-electron chi connectivity index (χ0n) is 11.0. The van der Waals surface area contributed by atoms with Gasteiger partial charge in [0.1, 0.15) is 0 Å². The minimum absolute atomic E-state index is 0.146. The quantitative estimate of drug-likeness (QED) is 0.768. The number of hydrogen-bond donors (Lipinski definition) is 1. The fraction of sp³-hybridized carbons (Fsp3) is 0.917. The molecule has 0 spiro atoms. The molecule has 1 amide bonds. The maximum Gasteiger partial charge on any atom is 0.224 e. The van der Waals surface area contributed by atoms with Crippen molar-refractivity contribution < 1.29 is 4.79 Å². The molecule has 0 radical (unpaired) electrons. The van der Waals surface area contributed by atoms with Crippen molar-refractivity contribution in [2.75, 3.05) is 27.2 Å². The third-order valence-electron chi connectivity index (χ3n) is 3.19. The molecule has 1 unspecified atom stereocenters. The van der Waals surface area contributed by atoms with Crippen LogP contribution < -0.4 is 5.73 Å². The monoisotopic (exact) mass is 227 g/mol. The third kappa shape index (κ3) is 4.10. The highest BCUT2D eigenvalue weighted by Gasteiger charge is 2.25. The Morgan fingerprint density at radius 1 is 1.56 bits per heavy atom. The van der Waals surface area contributed by atoms with Gasteiger partial charge in [0.15, 0.2) is 0 Å². The van der Waals surface area contributed by atoms with E-state index in [4.69, 9.17) is 5.73 Å². The Bertz CT molecular complexity index is 247. The van der Waals surface area contributed by atoms with E-state index in [9.17, 15) is 4.79 Å². The van der Waals surface area contributed by atoms with Gasteiger partial charge in [0.25, 0.3) is 0 Å². The van der Waals surface area contributed by atoms with Crippen LogP contribution in [0.1, 0.15) is 33.1 Å². The predicted molar refractivity (Wildman–Crippen MR) is 66.2 cm³/mol. The molecular formula is C12H25N3O. The van der Waals surface area contributed by atoms with Crippen LogP contribution in [0.25, 0.3) is 0 Å². The predicted octanol–water partition coefficient (Wildman–Crippen LogP) is 0.666. The van der Waals surface area contributed by atoms with E-state index in [0.29, 0.717) is 12.5 Å². The van der Waals surface area contributed by atoms with Gasteiger partial charge in [-0.05, 0) is 40.3 Å². The van der Waals surface area contributed by atoms with E-state index in [1.54, 1.807) is 0 Å². The average Bonchev–Trinajstić information content (AvgIpc) is 2.49. The second-order valence-corrected chi connectivity index (χ2v) is 5.72. The highest BCUT2D eigenvalue weighted by Crippen LogP contribution is 2.16. The minimum Gasteiger partial charge on any atom is -0.344 e. The van der Waals surface area contributed by atoms with E-state index in [2.05, 4.69) is 11.9 Å². The van der Waals surface area contributed by atoms with Crippen LogP contribution in [0.2, 0.25) is 0 Å². The summed E-state index contributed by atoms with van der Waals surface area (Å²) in [5.41, 5.74) is 5.44. The highest BCUT2D eigenvalue weighted by molar-refractivity contribution is 5.77. The Labute approximate surface area is 98.8 Å². The van der Waals surface area contributed by atoms with Gasteiger partial charge >= 0.3 is 0 Å². The van der Waals surface area contributed by atoms with Gasteiger partial charge < -0.3 is 15.5 Å². The second kappa shape index (κ2) is 5.15. The number of carbonyl (C=O) groups excluding carboxylic acids is 1. The van der Waals surface area contributed by atoms with E-state index in [-0.39, 0.29) is 5.91 Å². The first-order chi connectivity index (χ1) is 7.29. The van der Waals surface area contributed by atoms with Gasteiger partial charge in [-0.15, -0.1) is 0 Å². The molecule has 94 valence electrons. The van der Waals surface area contributed by atoms with E-state index in [0.717, 1.165) is 13.1 Å².